The highest BCUT2D eigenvalue weighted by molar-refractivity contribution is 7.91. The molecule has 0 spiro atoms. The quantitative estimate of drug-likeness (QED) is 0.876. The number of hydrogen-bond donors (Lipinski definition) is 1. The highest BCUT2D eigenvalue weighted by Crippen LogP contribution is 2.31. The summed E-state index contributed by atoms with van der Waals surface area (Å²) in [6.07, 6.45) is 0.608. The number of aliphatic carboxylic acids is 1. The van der Waals surface area contributed by atoms with E-state index in [-0.39, 0.29) is 17.5 Å². The summed E-state index contributed by atoms with van der Waals surface area (Å²) < 4.78 is 23.2. The molecule has 0 aromatic heterocycles. The largest absolute Gasteiger partial charge is 0.481 e. The van der Waals surface area contributed by atoms with E-state index in [0.717, 1.165) is 11.1 Å². The van der Waals surface area contributed by atoms with E-state index in [2.05, 4.69) is 0 Å². The third kappa shape index (κ3) is 2.45. The molecule has 0 saturated carbocycles. The molecule has 108 valence electrons. The van der Waals surface area contributed by atoms with E-state index in [1.165, 1.54) is 0 Å². The molecule has 2 atom stereocenters. The Morgan fingerprint density at radius 3 is 2.70 bits per heavy atom. The normalized spacial score (nSPS) is 29.0. The fourth-order valence-corrected chi connectivity index (χ4v) is 4.95. The zero-order chi connectivity index (χ0) is 14.3. The first-order chi connectivity index (χ1) is 9.46. The molecule has 2 aliphatic rings. The Kier molecular flexibility index (Phi) is 3.30. The molecule has 6 heteroatoms. The molecule has 0 amide bonds. The van der Waals surface area contributed by atoms with E-state index in [1.54, 1.807) is 0 Å². The molecule has 3 rings (SSSR count). The van der Waals surface area contributed by atoms with Crippen molar-refractivity contribution >= 4 is 15.8 Å². The van der Waals surface area contributed by atoms with E-state index in [9.17, 15) is 18.3 Å². The third-order valence-electron chi connectivity index (χ3n) is 4.24. The SMILES string of the molecule is O=C(O)C1CN(C2CCS(=O)(=O)C2)Cc2ccccc21. The number of carboxylic acids is 1. The molecule has 2 heterocycles. The number of nitrogens with zero attached hydrogens (tertiary/aromatic N) is 1. The van der Waals surface area contributed by atoms with Crippen LogP contribution in [0.3, 0.4) is 0 Å². The first kappa shape index (κ1) is 13.6. The maximum absolute atomic E-state index is 11.6. The zero-order valence-corrected chi connectivity index (χ0v) is 11.8. The smallest absolute Gasteiger partial charge is 0.312 e. The number of carboxylic acid groups (broad SMARTS) is 1. The fourth-order valence-electron chi connectivity index (χ4n) is 3.19. The second-order valence-electron chi connectivity index (χ2n) is 5.58. The molecule has 5 nitrogen and oxygen atoms in total. The van der Waals surface area contributed by atoms with Crippen LogP contribution in [0.4, 0.5) is 0 Å². The highest BCUT2D eigenvalue weighted by atomic mass is 32.2. The van der Waals surface area contributed by atoms with Gasteiger partial charge in [0, 0.05) is 19.1 Å². The van der Waals surface area contributed by atoms with Crippen molar-refractivity contribution in [2.24, 2.45) is 0 Å². The molecule has 0 radical (unpaired) electrons. The molecule has 0 bridgehead atoms. The van der Waals surface area contributed by atoms with Gasteiger partial charge in [0.2, 0.25) is 0 Å². The summed E-state index contributed by atoms with van der Waals surface area (Å²) in [4.78, 5) is 13.5. The molecule has 1 N–H and O–H groups in total. The van der Waals surface area contributed by atoms with E-state index < -0.39 is 21.7 Å². The van der Waals surface area contributed by atoms with Crippen molar-refractivity contribution in [3.05, 3.63) is 35.4 Å². The van der Waals surface area contributed by atoms with Crippen molar-refractivity contribution in [2.45, 2.75) is 24.9 Å². The van der Waals surface area contributed by atoms with Crippen LogP contribution in [0.25, 0.3) is 0 Å². The number of carbonyl (C=O) groups is 1. The monoisotopic (exact) mass is 295 g/mol. The molecule has 1 fully saturated rings. The minimum absolute atomic E-state index is 0.0461. The van der Waals surface area contributed by atoms with Gasteiger partial charge in [0.1, 0.15) is 0 Å². The van der Waals surface area contributed by atoms with Gasteiger partial charge in [-0.05, 0) is 17.5 Å². The lowest BCUT2D eigenvalue weighted by molar-refractivity contribution is -0.139. The topological polar surface area (TPSA) is 74.7 Å². The van der Waals surface area contributed by atoms with Gasteiger partial charge in [-0.1, -0.05) is 24.3 Å². The first-order valence-electron chi connectivity index (χ1n) is 6.71. The van der Waals surface area contributed by atoms with E-state index in [0.29, 0.717) is 19.5 Å². The maximum atomic E-state index is 11.6. The Bertz CT molecular complexity index is 640. The van der Waals surface area contributed by atoms with Crippen LogP contribution in [0.15, 0.2) is 24.3 Å². The Labute approximate surface area is 118 Å². The standard InChI is InChI=1S/C14H17NO4S/c16-14(17)13-8-15(11-5-6-20(18,19)9-11)7-10-3-1-2-4-12(10)13/h1-4,11,13H,5-9H2,(H,16,17). The molecule has 1 saturated heterocycles. The van der Waals surface area contributed by atoms with Crippen LogP contribution >= 0.6 is 0 Å². The van der Waals surface area contributed by atoms with Crippen molar-refractivity contribution in [1.29, 1.82) is 0 Å². The van der Waals surface area contributed by atoms with Crippen molar-refractivity contribution < 1.29 is 18.3 Å². The minimum Gasteiger partial charge on any atom is -0.481 e. The summed E-state index contributed by atoms with van der Waals surface area (Å²) >= 11 is 0. The minimum atomic E-state index is -2.95. The van der Waals surface area contributed by atoms with Crippen molar-refractivity contribution in [3.8, 4) is 0 Å². The molecule has 1 aromatic rings. The number of hydrogen-bond acceptors (Lipinski definition) is 4. The third-order valence-corrected chi connectivity index (χ3v) is 5.99. The predicted octanol–water partition coefficient (Wildman–Crippen LogP) is 0.857. The Morgan fingerprint density at radius 2 is 2.05 bits per heavy atom. The lowest BCUT2D eigenvalue weighted by Gasteiger charge is -2.36. The van der Waals surface area contributed by atoms with Gasteiger partial charge in [-0.3, -0.25) is 9.69 Å². The van der Waals surface area contributed by atoms with Crippen molar-refractivity contribution in [3.63, 3.8) is 0 Å². The van der Waals surface area contributed by atoms with E-state index in [1.807, 2.05) is 29.2 Å². The van der Waals surface area contributed by atoms with Crippen LogP contribution in [0.5, 0.6) is 0 Å². The summed E-state index contributed by atoms with van der Waals surface area (Å²) in [7, 11) is -2.95. The Hall–Kier alpha value is -1.40. The number of sulfone groups is 1. The number of rotatable bonds is 2. The molecule has 0 aliphatic carbocycles. The van der Waals surface area contributed by atoms with E-state index in [4.69, 9.17) is 0 Å². The molecule has 1 aromatic carbocycles. The van der Waals surface area contributed by atoms with E-state index >= 15 is 0 Å². The van der Waals surface area contributed by atoms with Gasteiger partial charge in [0.25, 0.3) is 0 Å². The van der Waals surface area contributed by atoms with Gasteiger partial charge in [-0.2, -0.15) is 0 Å². The second kappa shape index (κ2) is 4.86. The lowest BCUT2D eigenvalue weighted by atomic mass is 9.89. The second-order valence-corrected chi connectivity index (χ2v) is 7.80. The van der Waals surface area contributed by atoms with Crippen LogP contribution < -0.4 is 0 Å². The van der Waals surface area contributed by atoms with Crippen LogP contribution in [-0.4, -0.2) is 48.5 Å². The summed E-state index contributed by atoms with van der Waals surface area (Å²) in [5.74, 6) is -1.04. The van der Waals surface area contributed by atoms with Gasteiger partial charge in [-0.25, -0.2) is 8.42 Å². The average Bonchev–Trinajstić information content (AvgIpc) is 2.77. The predicted molar refractivity (Wildman–Crippen MR) is 74.3 cm³/mol. The summed E-state index contributed by atoms with van der Waals surface area (Å²) in [5.41, 5.74) is 1.85. The number of fused-ring (bicyclic) bond motifs is 1. The summed E-state index contributed by atoms with van der Waals surface area (Å²) in [5, 5.41) is 9.40. The summed E-state index contributed by atoms with van der Waals surface area (Å²) in [6.45, 7) is 1.03. The van der Waals surface area contributed by atoms with Gasteiger partial charge in [0.05, 0.1) is 17.4 Å². The Balaban J connectivity index is 1.89. The van der Waals surface area contributed by atoms with Crippen LogP contribution in [0.1, 0.15) is 23.5 Å². The molecular weight excluding hydrogens is 278 g/mol. The van der Waals surface area contributed by atoms with Gasteiger partial charge in [0.15, 0.2) is 9.84 Å². The molecule has 2 aliphatic heterocycles. The fraction of sp³-hybridized carbons (Fsp3) is 0.500. The summed E-state index contributed by atoms with van der Waals surface area (Å²) in [6, 6.07) is 7.49. The van der Waals surface area contributed by atoms with Gasteiger partial charge >= 0.3 is 5.97 Å². The van der Waals surface area contributed by atoms with Crippen molar-refractivity contribution in [2.75, 3.05) is 18.1 Å². The lowest BCUT2D eigenvalue weighted by Crippen LogP contribution is -2.43. The average molecular weight is 295 g/mol. The van der Waals surface area contributed by atoms with Gasteiger partial charge < -0.3 is 5.11 Å². The Morgan fingerprint density at radius 1 is 1.30 bits per heavy atom. The maximum Gasteiger partial charge on any atom is 0.312 e. The molecule has 2 unspecified atom stereocenters. The number of benzene rings is 1. The molecule has 20 heavy (non-hydrogen) atoms. The van der Waals surface area contributed by atoms with Crippen LogP contribution in [-0.2, 0) is 21.2 Å². The first-order valence-corrected chi connectivity index (χ1v) is 8.53. The highest BCUT2D eigenvalue weighted by Gasteiger charge is 2.37. The van der Waals surface area contributed by atoms with Crippen LogP contribution in [0.2, 0.25) is 0 Å². The van der Waals surface area contributed by atoms with Crippen LogP contribution in [0, 0.1) is 0 Å². The zero-order valence-electron chi connectivity index (χ0n) is 11.0. The molecular formula is C14H17NO4S. The van der Waals surface area contributed by atoms with Crippen molar-refractivity contribution in [1.82, 2.24) is 4.90 Å². The van der Waals surface area contributed by atoms with Gasteiger partial charge in [-0.15, -0.1) is 0 Å².